The van der Waals surface area contributed by atoms with Gasteiger partial charge in [-0.25, -0.2) is 9.78 Å². The number of carbonyl (C=O) groups excluding carboxylic acids is 3. The number of amides is 3. The number of hydrogen-bond donors (Lipinski definition) is 6. The summed E-state index contributed by atoms with van der Waals surface area (Å²) in [6, 6.07) is -4.06. The predicted octanol–water partition coefficient (Wildman–Crippen LogP) is -1.87. The second kappa shape index (κ2) is 12.4. The first-order valence-electron chi connectivity index (χ1n) is 11.1. The van der Waals surface area contributed by atoms with Gasteiger partial charge in [0.2, 0.25) is 17.7 Å². The largest absolute Gasteiger partial charge is 0.480 e. The number of carboxylic acid groups (broad SMARTS) is 1. The van der Waals surface area contributed by atoms with Crippen molar-refractivity contribution in [3.63, 3.8) is 0 Å². The Labute approximate surface area is 197 Å². The highest BCUT2D eigenvalue weighted by Crippen LogP contribution is 2.24. The molecule has 13 heteroatoms. The number of imidazole rings is 1. The topological polar surface area (TPSA) is 200 Å². The molecule has 0 unspecified atom stereocenters. The van der Waals surface area contributed by atoms with Gasteiger partial charge >= 0.3 is 5.97 Å². The van der Waals surface area contributed by atoms with Crippen LogP contribution in [0.4, 0.5) is 0 Å². The first-order valence-corrected chi connectivity index (χ1v) is 11.1. The lowest BCUT2D eigenvalue weighted by Crippen LogP contribution is -2.62. The lowest BCUT2D eigenvalue weighted by atomic mass is 9.93. The number of H-pyrrole nitrogens is 1. The predicted molar refractivity (Wildman–Crippen MR) is 119 cm³/mol. The van der Waals surface area contributed by atoms with Crippen molar-refractivity contribution in [3.05, 3.63) is 18.2 Å². The number of nitrogens with one attached hydrogen (secondary N) is 3. The minimum absolute atomic E-state index is 0.00942. The number of aromatic amines is 1. The fourth-order valence-corrected chi connectivity index (χ4v) is 3.92. The molecule has 190 valence electrons. The van der Waals surface area contributed by atoms with Crippen molar-refractivity contribution in [1.82, 2.24) is 25.5 Å². The summed E-state index contributed by atoms with van der Waals surface area (Å²) in [7, 11) is 1.46. The smallest absolute Gasteiger partial charge is 0.326 e. The molecule has 3 amide bonds. The molecule has 1 fully saturated rings. The first kappa shape index (κ1) is 27.2. The number of likely N-dealkylation sites (tertiary alicyclic amines) is 1. The number of aromatic nitrogens is 2. The van der Waals surface area contributed by atoms with E-state index in [1.165, 1.54) is 38.4 Å². The van der Waals surface area contributed by atoms with Crippen molar-refractivity contribution < 1.29 is 34.1 Å². The number of nitrogens with two attached hydrogens (primary N) is 1. The van der Waals surface area contributed by atoms with Crippen LogP contribution in [0.15, 0.2) is 12.5 Å². The van der Waals surface area contributed by atoms with E-state index in [0.717, 1.165) is 0 Å². The maximum atomic E-state index is 13.3. The van der Waals surface area contributed by atoms with Crippen molar-refractivity contribution in [2.24, 2.45) is 5.73 Å². The summed E-state index contributed by atoms with van der Waals surface area (Å²) in [6.07, 6.45) is 2.15. The zero-order valence-electron chi connectivity index (χ0n) is 19.6. The van der Waals surface area contributed by atoms with Gasteiger partial charge in [0, 0.05) is 38.4 Å². The molecule has 0 spiro atoms. The zero-order valence-corrected chi connectivity index (χ0v) is 19.6. The highest BCUT2D eigenvalue weighted by Gasteiger charge is 2.40. The average Bonchev–Trinajstić information content (AvgIpc) is 3.29. The molecule has 1 aliphatic heterocycles. The van der Waals surface area contributed by atoms with Gasteiger partial charge in [0.15, 0.2) is 0 Å². The van der Waals surface area contributed by atoms with Crippen molar-refractivity contribution in [2.75, 3.05) is 13.7 Å². The minimum atomic E-state index is -1.26. The normalized spacial score (nSPS) is 21.7. The summed E-state index contributed by atoms with van der Waals surface area (Å²) in [6.45, 7) is 3.11. The number of rotatable bonds is 11. The van der Waals surface area contributed by atoms with E-state index in [-0.39, 0.29) is 19.4 Å². The highest BCUT2D eigenvalue weighted by molar-refractivity contribution is 5.91. The fraction of sp³-hybridized carbons (Fsp3) is 0.667. The van der Waals surface area contributed by atoms with Crippen LogP contribution in [-0.4, -0.2) is 98.8 Å². The molecule has 1 aromatic rings. The molecule has 1 aromatic heterocycles. The summed E-state index contributed by atoms with van der Waals surface area (Å²) in [5.41, 5.74) is 6.12. The van der Waals surface area contributed by atoms with Gasteiger partial charge < -0.3 is 41.2 Å². The van der Waals surface area contributed by atoms with Crippen LogP contribution in [0.3, 0.4) is 0 Å². The number of methoxy groups -OCH3 is 1. The average molecular weight is 483 g/mol. The maximum absolute atomic E-state index is 13.3. The summed E-state index contributed by atoms with van der Waals surface area (Å²) in [5, 5.41) is 24.6. The summed E-state index contributed by atoms with van der Waals surface area (Å²) >= 11 is 0. The number of hydrogen-bond acceptors (Lipinski definition) is 8. The Bertz CT molecular complexity index is 845. The second-order valence-corrected chi connectivity index (χ2v) is 8.47. The van der Waals surface area contributed by atoms with Gasteiger partial charge in [0.05, 0.1) is 30.6 Å². The van der Waals surface area contributed by atoms with E-state index >= 15 is 0 Å². The Morgan fingerprint density at radius 3 is 2.56 bits per heavy atom. The molecule has 6 atom stereocenters. The number of carbonyl (C=O) groups is 4. The summed E-state index contributed by atoms with van der Waals surface area (Å²) in [4.78, 5) is 57.9. The van der Waals surface area contributed by atoms with Crippen LogP contribution in [0.2, 0.25) is 0 Å². The Kier molecular flexibility index (Phi) is 9.96. The molecule has 1 saturated heterocycles. The van der Waals surface area contributed by atoms with Crippen LogP contribution >= 0.6 is 0 Å². The molecule has 0 saturated carbocycles. The van der Waals surface area contributed by atoms with Crippen LogP contribution in [0.5, 0.6) is 0 Å². The standard InChI is InChI=1S/C21H34N6O7/c1-11(22)19(30)26-18(12(2)28)20(31)27-6-4-5-16(34-3)15(27)8-17(29)25-14(21(32)33)7-13-9-23-10-24-13/h9-12,14-16,18,28H,4-8,22H2,1-3H3,(H,23,24)(H,25,29)(H,26,30)(H,32,33)/t11-,12-,14-,15+,16+,18-/m0/s1. The summed E-state index contributed by atoms with van der Waals surface area (Å²) < 4.78 is 5.51. The van der Waals surface area contributed by atoms with E-state index in [1.54, 1.807) is 0 Å². The van der Waals surface area contributed by atoms with Crippen molar-refractivity contribution in [2.45, 2.75) is 75.9 Å². The summed E-state index contributed by atoms with van der Waals surface area (Å²) in [5.74, 6) is -2.96. The fourth-order valence-electron chi connectivity index (χ4n) is 3.92. The number of nitrogens with zero attached hydrogens (tertiary/aromatic N) is 2. The van der Waals surface area contributed by atoms with Crippen LogP contribution in [0.1, 0.15) is 38.8 Å². The lowest BCUT2D eigenvalue weighted by Gasteiger charge is -2.42. The molecule has 0 aromatic carbocycles. The number of aliphatic hydroxyl groups is 1. The quantitative estimate of drug-likeness (QED) is 0.209. The van der Waals surface area contributed by atoms with Crippen LogP contribution in [0, 0.1) is 0 Å². The van der Waals surface area contributed by atoms with E-state index in [0.29, 0.717) is 18.5 Å². The van der Waals surface area contributed by atoms with Crippen LogP contribution in [0.25, 0.3) is 0 Å². The minimum Gasteiger partial charge on any atom is -0.480 e. The van der Waals surface area contributed by atoms with Crippen molar-refractivity contribution in [3.8, 4) is 0 Å². The van der Waals surface area contributed by atoms with Gasteiger partial charge in [-0.1, -0.05) is 0 Å². The van der Waals surface area contributed by atoms with Gasteiger partial charge in [-0.15, -0.1) is 0 Å². The first-order chi connectivity index (χ1) is 16.0. The number of aliphatic hydroxyl groups excluding tert-OH is 1. The second-order valence-electron chi connectivity index (χ2n) is 8.47. The molecule has 0 bridgehead atoms. The Morgan fingerprint density at radius 1 is 1.32 bits per heavy atom. The molecule has 2 heterocycles. The molecule has 1 aliphatic rings. The van der Waals surface area contributed by atoms with Gasteiger partial charge in [0.25, 0.3) is 0 Å². The maximum Gasteiger partial charge on any atom is 0.326 e. The van der Waals surface area contributed by atoms with Gasteiger partial charge in [-0.3, -0.25) is 14.4 Å². The van der Waals surface area contributed by atoms with Crippen LogP contribution in [-0.2, 0) is 30.3 Å². The number of carboxylic acids is 1. The van der Waals surface area contributed by atoms with Crippen molar-refractivity contribution in [1.29, 1.82) is 0 Å². The zero-order chi connectivity index (χ0) is 25.4. The molecular formula is C21H34N6O7. The number of piperidine rings is 1. The van der Waals surface area contributed by atoms with E-state index < -0.39 is 60.1 Å². The number of aliphatic carboxylic acids is 1. The molecule has 0 radical (unpaired) electrons. The molecule has 7 N–H and O–H groups in total. The third-order valence-electron chi connectivity index (χ3n) is 5.77. The third kappa shape index (κ3) is 7.23. The van der Waals surface area contributed by atoms with E-state index in [4.69, 9.17) is 10.5 Å². The van der Waals surface area contributed by atoms with Crippen molar-refractivity contribution >= 4 is 23.7 Å². The van der Waals surface area contributed by atoms with Gasteiger partial charge in [-0.05, 0) is 26.7 Å². The molecular weight excluding hydrogens is 448 g/mol. The monoisotopic (exact) mass is 482 g/mol. The molecule has 0 aliphatic carbocycles. The Balaban J connectivity index is 2.17. The lowest BCUT2D eigenvalue weighted by molar-refractivity contribution is -0.149. The Morgan fingerprint density at radius 2 is 2.03 bits per heavy atom. The Hall–Kier alpha value is -3.03. The van der Waals surface area contributed by atoms with Gasteiger partial charge in [-0.2, -0.15) is 0 Å². The van der Waals surface area contributed by atoms with E-state index in [2.05, 4.69) is 20.6 Å². The highest BCUT2D eigenvalue weighted by atomic mass is 16.5. The van der Waals surface area contributed by atoms with E-state index in [9.17, 15) is 29.4 Å². The third-order valence-corrected chi connectivity index (χ3v) is 5.77. The van der Waals surface area contributed by atoms with E-state index in [1.807, 2.05) is 0 Å². The molecule has 34 heavy (non-hydrogen) atoms. The molecule has 13 nitrogen and oxygen atoms in total. The SMILES string of the molecule is CO[C@@H]1CCCN(C(=O)[C@@H](NC(=O)[C@H](C)N)[C@H](C)O)[C@@H]1CC(=O)N[C@@H](Cc1cnc[nH]1)C(=O)O. The van der Waals surface area contributed by atoms with Gasteiger partial charge in [0.1, 0.15) is 12.1 Å². The van der Waals surface area contributed by atoms with Crippen LogP contribution < -0.4 is 16.4 Å². The number of ether oxygens (including phenoxy) is 1. The molecule has 2 rings (SSSR count).